The lowest BCUT2D eigenvalue weighted by Gasteiger charge is -2.42. The first-order valence-corrected chi connectivity index (χ1v) is 8.02. The number of nitrogens with one attached hydrogen (secondary N) is 1. The van der Waals surface area contributed by atoms with Crippen LogP contribution < -0.4 is 5.32 Å². The van der Waals surface area contributed by atoms with Gasteiger partial charge in [0.05, 0.1) is 0 Å². The third-order valence-electron chi connectivity index (χ3n) is 4.16. The highest BCUT2D eigenvalue weighted by molar-refractivity contribution is 4.87. The van der Waals surface area contributed by atoms with Gasteiger partial charge in [0.25, 0.3) is 0 Å². The first-order valence-electron chi connectivity index (χ1n) is 8.02. The van der Waals surface area contributed by atoms with E-state index in [1.807, 2.05) is 0 Å². The summed E-state index contributed by atoms with van der Waals surface area (Å²) >= 11 is 0. The number of piperazine rings is 1. The molecule has 18 heavy (non-hydrogen) atoms. The van der Waals surface area contributed by atoms with E-state index in [1.54, 1.807) is 0 Å². The minimum Gasteiger partial charge on any atom is -0.311 e. The molecule has 1 rings (SSSR count). The van der Waals surface area contributed by atoms with Crippen molar-refractivity contribution in [3.8, 4) is 0 Å². The van der Waals surface area contributed by atoms with E-state index in [4.69, 9.17) is 0 Å². The number of hydrogen-bond donors (Lipinski definition) is 1. The largest absolute Gasteiger partial charge is 0.311 e. The lowest BCUT2D eigenvalue weighted by molar-refractivity contribution is 0.0975. The van der Waals surface area contributed by atoms with Crippen molar-refractivity contribution in [1.29, 1.82) is 0 Å². The van der Waals surface area contributed by atoms with E-state index in [0.29, 0.717) is 6.04 Å². The zero-order chi connectivity index (χ0) is 13.5. The predicted octanol–water partition coefficient (Wildman–Crippen LogP) is 3.52. The van der Waals surface area contributed by atoms with Gasteiger partial charge < -0.3 is 5.32 Å². The first-order chi connectivity index (χ1) is 8.54. The fraction of sp³-hybridized carbons (Fsp3) is 1.00. The van der Waals surface area contributed by atoms with Gasteiger partial charge >= 0.3 is 0 Å². The molecule has 0 aromatic rings. The van der Waals surface area contributed by atoms with Crippen molar-refractivity contribution in [1.82, 2.24) is 10.2 Å². The van der Waals surface area contributed by atoms with Crippen LogP contribution in [0.5, 0.6) is 0 Å². The van der Waals surface area contributed by atoms with Gasteiger partial charge in [0.15, 0.2) is 0 Å². The molecule has 1 heterocycles. The maximum absolute atomic E-state index is 3.75. The predicted molar refractivity (Wildman–Crippen MR) is 81.0 cm³/mol. The molecule has 0 aromatic heterocycles. The first kappa shape index (κ1) is 16.0. The van der Waals surface area contributed by atoms with Gasteiger partial charge in [-0.05, 0) is 31.2 Å². The van der Waals surface area contributed by atoms with Gasteiger partial charge in [-0.15, -0.1) is 0 Å². The van der Waals surface area contributed by atoms with Crippen molar-refractivity contribution in [2.45, 2.75) is 72.4 Å². The molecule has 1 saturated heterocycles. The number of unbranched alkanes of at least 4 members (excludes halogenated alkanes) is 2. The standard InChI is InChI=1S/C16H34N2/c1-6-7-8-9-18-12-16(14(4)5)17-11-15(18)10-13(2)3/h13-17H,6-12H2,1-5H3. The molecule has 0 amide bonds. The quantitative estimate of drug-likeness (QED) is 0.699. The van der Waals surface area contributed by atoms with Crippen LogP contribution in [-0.2, 0) is 0 Å². The molecule has 1 aliphatic rings. The van der Waals surface area contributed by atoms with Crippen molar-refractivity contribution >= 4 is 0 Å². The third-order valence-corrected chi connectivity index (χ3v) is 4.16. The van der Waals surface area contributed by atoms with Gasteiger partial charge in [0.2, 0.25) is 0 Å². The summed E-state index contributed by atoms with van der Waals surface area (Å²) in [7, 11) is 0. The Labute approximate surface area is 115 Å². The van der Waals surface area contributed by atoms with E-state index >= 15 is 0 Å². The molecule has 0 spiro atoms. The summed E-state index contributed by atoms with van der Waals surface area (Å²) < 4.78 is 0. The highest BCUT2D eigenvalue weighted by Gasteiger charge is 2.28. The van der Waals surface area contributed by atoms with Crippen LogP contribution in [0.25, 0.3) is 0 Å². The van der Waals surface area contributed by atoms with Gasteiger partial charge in [-0.3, -0.25) is 4.90 Å². The Morgan fingerprint density at radius 1 is 1.17 bits per heavy atom. The Morgan fingerprint density at radius 2 is 1.89 bits per heavy atom. The lowest BCUT2D eigenvalue weighted by Crippen LogP contribution is -2.58. The smallest absolute Gasteiger partial charge is 0.0223 e. The molecule has 1 aliphatic heterocycles. The molecular formula is C16H34N2. The minimum absolute atomic E-state index is 0.690. The second kappa shape index (κ2) is 8.16. The maximum Gasteiger partial charge on any atom is 0.0223 e. The second-order valence-corrected chi connectivity index (χ2v) is 6.74. The van der Waals surface area contributed by atoms with Crippen LogP contribution in [-0.4, -0.2) is 36.6 Å². The van der Waals surface area contributed by atoms with E-state index in [2.05, 4.69) is 44.8 Å². The Morgan fingerprint density at radius 3 is 2.44 bits per heavy atom. The number of rotatable bonds is 7. The van der Waals surface area contributed by atoms with E-state index in [9.17, 15) is 0 Å². The Balaban J connectivity index is 2.49. The second-order valence-electron chi connectivity index (χ2n) is 6.74. The highest BCUT2D eigenvalue weighted by atomic mass is 15.2. The summed E-state index contributed by atoms with van der Waals surface area (Å²) in [6.45, 7) is 15.4. The van der Waals surface area contributed by atoms with E-state index < -0.39 is 0 Å². The summed E-state index contributed by atoms with van der Waals surface area (Å²) in [4.78, 5) is 2.76. The van der Waals surface area contributed by atoms with Crippen LogP contribution in [0.15, 0.2) is 0 Å². The van der Waals surface area contributed by atoms with Crippen LogP contribution in [0, 0.1) is 11.8 Å². The molecule has 0 radical (unpaired) electrons. The lowest BCUT2D eigenvalue weighted by atomic mass is 9.95. The average molecular weight is 254 g/mol. The van der Waals surface area contributed by atoms with E-state index in [0.717, 1.165) is 17.9 Å². The molecule has 1 fully saturated rings. The molecule has 0 bridgehead atoms. The zero-order valence-corrected chi connectivity index (χ0v) is 13.2. The third kappa shape index (κ3) is 5.27. The zero-order valence-electron chi connectivity index (χ0n) is 13.2. The Kier molecular flexibility index (Phi) is 7.25. The summed E-state index contributed by atoms with van der Waals surface area (Å²) in [6.07, 6.45) is 5.42. The van der Waals surface area contributed by atoms with Crippen LogP contribution in [0.4, 0.5) is 0 Å². The fourth-order valence-corrected chi connectivity index (χ4v) is 2.94. The molecule has 2 unspecified atom stereocenters. The van der Waals surface area contributed by atoms with Gasteiger partial charge in [-0.1, -0.05) is 47.5 Å². The normalized spacial score (nSPS) is 26.2. The molecule has 0 aromatic carbocycles. The van der Waals surface area contributed by atoms with Gasteiger partial charge in [-0.2, -0.15) is 0 Å². The summed E-state index contributed by atoms with van der Waals surface area (Å²) in [5.74, 6) is 1.56. The van der Waals surface area contributed by atoms with Crippen LogP contribution >= 0.6 is 0 Å². The van der Waals surface area contributed by atoms with Crippen molar-refractivity contribution in [3.05, 3.63) is 0 Å². The van der Waals surface area contributed by atoms with Crippen molar-refractivity contribution in [3.63, 3.8) is 0 Å². The average Bonchev–Trinajstić information content (AvgIpc) is 2.30. The Bertz CT molecular complexity index is 213. The minimum atomic E-state index is 0.690. The van der Waals surface area contributed by atoms with Gasteiger partial charge in [0.1, 0.15) is 0 Å². The number of hydrogen-bond acceptors (Lipinski definition) is 2. The monoisotopic (exact) mass is 254 g/mol. The summed E-state index contributed by atoms with van der Waals surface area (Å²) in [6, 6.07) is 1.45. The van der Waals surface area contributed by atoms with Crippen LogP contribution in [0.2, 0.25) is 0 Å². The van der Waals surface area contributed by atoms with Crippen LogP contribution in [0.3, 0.4) is 0 Å². The maximum atomic E-state index is 3.75. The summed E-state index contributed by atoms with van der Waals surface area (Å²) in [5, 5.41) is 3.75. The van der Waals surface area contributed by atoms with Gasteiger partial charge in [0, 0.05) is 25.2 Å². The van der Waals surface area contributed by atoms with Crippen LogP contribution in [0.1, 0.15) is 60.3 Å². The van der Waals surface area contributed by atoms with Crippen molar-refractivity contribution in [2.24, 2.45) is 11.8 Å². The SMILES string of the molecule is CCCCCN1CC(C(C)C)NCC1CC(C)C. The molecule has 1 N–H and O–H groups in total. The molecule has 2 atom stereocenters. The van der Waals surface area contributed by atoms with E-state index in [-0.39, 0.29) is 0 Å². The molecule has 0 saturated carbocycles. The van der Waals surface area contributed by atoms with E-state index in [1.165, 1.54) is 45.3 Å². The molecule has 2 heteroatoms. The number of nitrogens with zero attached hydrogens (tertiary/aromatic N) is 1. The highest BCUT2D eigenvalue weighted by Crippen LogP contribution is 2.19. The molecule has 0 aliphatic carbocycles. The molecule has 2 nitrogen and oxygen atoms in total. The van der Waals surface area contributed by atoms with Crippen molar-refractivity contribution in [2.75, 3.05) is 19.6 Å². The topological polar surface area (TPSA) is 15.3 Å². The van der Waals surface area contributed by atoms with Crippen molar-refractivity contribution < 1.29 is 0 Å². The summed E-state index contributed by atoms with van der Waals surface area (Å²) in [5.41, 5.74) is 0. The Hall–Kier alpha value is -0.0800. The molecular weight excluding hydrogens is 220 g/mol. The fourth-order valence-electron chi connectivity index (χ4n) is 2.94. The molecule has 108 valence electrons. The van der Waals surface area contributed by atoms with Gasteiger partial charge in [-0.25, -0.2) is 0 Å².